The first kappa shape index (κ1) is 17.7. The molecule has 1 aromatic carbocycles. The van der Waals surface area contributed by atoms with Crippen molar-refractivity contribution in [2.45, 2.75) is 32.0 Å². The Morgan fingerprint density at radius 1 is 1.28 bits per heavy atom. The third-order valence-electron chi connectivity index (χ3n) is 4.42. The average molecular weight is 365 g/mol. The molecule has 1 atom stereocenters. The van der Waals surface area contributed by atoms with Gasteiger partial charge in [-0.25, -0.2) is 0 Å². The summed E-state index contributed by atoms with van der Waals surface area (Å²) in [6, 6.07) is 9.27. The van der Waals surface area contributed by atoms with Crippen LogP contribution in [0.25, 0.3) is 5.57 Å². The van der Waals surface area contributed by atoms with Crippen molar-refractivity contribution in [1.82, 2.24) is 4.90 Å². The number of benzene rings is 1. The standard InChI is InChI=1S/C19H18F3NOS/c1-2-16-14-9-11-25-17(14)8-10-23(16)18(24)12-15(19(20,21)22)13-6-4-3-5-7-13/h3-7,9,11-12,16H,2,8,10H2,1H3/b15-12-. The van der Waals surface area contributed by atoms with E-state index in [1.54, 1.807) is 22.3 Å². The van der Waals surface area contributed by atoms with Gasteiger partial charge in [0.15, 0.2) is 0 Å². The topological polar surface area (TPSA) is 20.3 Å². The van der Waals surface area contributed by atoms with Crippen LogP contribution in [-0.2, 0) is 11.2 Å². The van der Waals surface area contributed by atoms with Gasteiger partial charge in [0.1, 0.15) is 0 Å². The van der Waals surface area contributed by atoms with E-state index < -0.39 is 17.7 Å². The van der Waals surface area contributed by atoms with Crippen molar-refractivity contribution in [1.29, 1.82) is 0 Å². The van der Waals surface area contributed by atoms with Gasteiger partial charge >= 0.3 is 6.18 Å². The molecule has 6 heteroatoms. The fourth-order valence-electron chi connectivity index (χ4n) is 3.25. The molecule has 0 spiro atoms. The highest BCUT2D eigenvalue weighted by Gasteiger charge is 2.37. The van der Waals surface area contributed by atoms with E-state index in [-0.39, 0.29) is 11.6 Å². The highest BCUT2D eigenvalue weighted by Crippen LogP contribution is 2.37. The second-order valence-corrected chi connectivity index (χ2v) is 6.93. The molecule has 2 aromatic rings. The first-order valence-corrected chi connectivity index (χ1v) is 9.01. The van der Waals surface area contributed by atoms with Crippen molar-refractivity contribution in [3.05, 3.63) is 63.9 Å². The summed E-state index contributed by atoms with van der Waals surface area (Å²) in [5.41, 5.74) is 0.169. The van der Waals surface area contributed by atoms with Crippen molar-refractivity contribution in [3.8, 4) is 0 Å². The molecule has 0 saturated heterocycles. The fourth-order valence-corrected chi connectivity index (χ4v) is 4.18. The van der Waals surface area contributed by atoms with Crippen LogP contribution < -0.4 is 0 Å². The van der Waals surface area contributed by atoms with Gasteiger partial charge in [0.2, 0.25) is 5.91 Å². The zero-order chi connectivity index (χ0) is 18.0. The number of hydrogen-bond acceptors (Lipinski definition) is 2. The molecule has 2 heterocycles. The second-order valence-electron chi connectivity index (χ2n) is 5.93. The van der Waals surface area contributed by atoms with Crippen LogP contribution in [0.3, 0.4) is 0 Å². The Bertz CT molecular complexity index is 779. The van der Waals surface area contributed by atoms with Crippen LogP contribution in [0, 0.1) is 0 Å². The number of carbonyl (C=O) groups is 1. The largest absolute Gasteiger partial charge is 0.417 e. The van der Waals surface area contributed by atoms with Gasteiger partial charge in [0.25, 0.3) is 0 Å². The third kappa shape index (κ3) is 3.63. The Hall–Kier alpha value is -2.08. The van der Waals surface area contributed by atoms with Gasteiger partial charge in [-0.1, -0.05) is 37.3 Å². The Kier molecular flexibility index (Phi) is 4.99. The smallest absolute Gasteiger partial charge is 0.332 e. The minimum absolute atomic E-state index is 0.00429. The average Bonchev–Trinajstić information content (AvgIpc) is 3.07. The molecular formula is C19H18F3NOS. The predicted molar refractivity (Wildman–Crippen MR) is 93.2 cm³/mol. The Labute approximate surface area is 148 Å². The van der Waals surface area contributed by atoms with Crippen LogP contribution in [0.15, 0.2) is 47.9 Å². The summed E-state index contributed by atoms with van der Waals surface area (Å²) in [5.74, 6) is -0.583. The number of nitrogens with zero attached hydrogens (tertiary/aromatic N) is 1. The molecule has 1 amide bonds. The summed E-state index contributed by atoms with van der Waals surface area (Å²) in [6.07, 6.45) is -2.47. The van der Waals surface area contributed by atoms with Gasteiger partial charge in [-0.05, 0) is 35.4 Å². The lowest BCUT2D eigenvalue weighted by atomic mass is 9.97. The van der Waals surface area contributed by atoms with E-state index in [1.165, 1.54) is 29.1 Å². The molecule has 0 saturated carbocycles. The molecule has 3 rings (SSSR count). The number of hydrogen-bond donors (Lipinski definition) is 0. The van der Waals surface area contributed by atoms with E-state index >= 15 is 0 Å². The van der Waals surface area contributed by atoms with Gasteiger partial charge in [0.05, 0.1) is 11.6 Å². The molecule has 1 aliphatic rings. The van der Waals surface area contributed by atoms with E-state index in [0.29, 0.717) is 19.4 Å². The molecular weight excluding hydrogens is 347 g/mol. The van der Waals surface area contributed by atoms with E-state index in [9.17, 15) is 18.0 Å². The van der Waals surface area contributed by atoms with Gasteiger partial charge < -0.3 is 4.90 Å². The number of thiophene rings is 1. The number of allylic oxidation sites excluding steroid dienone is 1. The summed E-state index contributed by atoms with van der Waals surface area (Å²) in [7, 11) is 0. The third-order valence-corrected chi connectivity index (χ3v) is 5.42. The molecule has 0 aliphatic carbocycles. The van der Waals surface area contributed by atoms with Gasteiger partial charge in [-0.3, -0.25) is 4.79 Å². The van der Waals surface area contributed by atoms with Gasteiger partial charge in [-0.2, -0.15) is 13.2 Å². The van der Waals surface area contributed by atoms with Gasteiger partial charge in [-0.15, -0.1) is 11.3 Å². The lowest BCUT2D eigenvalue weighted by molar-refractivity contribution is -0.129. The van der Waals surface area contributed by atoms with Crippen molar-refractivity contribution in [2.75, 3.05) is 6.54 Å². The van der Waals surface area contributed by atoms with Crippen molar-refractivity contribution >= 4 is 22.8 Å². The van der Waals surface area contributed by atoms with Crippen molar-refractivity contribution in [2.24, 2.45) is 0 Å². The highest BCUT2D eigenvalue weighted by atomic mass is 32.1. The zero-order valence-corrected chi connectivity index (χ0v) is 14.5. The fraction of sp³-hybridized carbons (Fsp3) is 0.316. The van der Waals surface area contributed by atoms with E-state index in [2.05, 4.69) is 0 Å². The highest BCUT2D eigenvalue weighted by molar-refractivity contribution is 7.10. The van der Waals surface area contributed by atoms with Crippen LogP contribution in [0.2, 0.25) is 0 Å². The molecule has 0 radical (unpaired) electrons. The second kappa shape index (κ2) is 7.04. The van der Waals surface area contributed by atoms with Crippen LogP contribution >= 0.6 is 11.3 Å². The number of halogens is 3. The van der Waals surface area contributed by atoms with E-state index in [1.807, 2.05) is 18.4 Å². The summed E-state index contributed by atoms with van der Waals surface area (Å²) in [4.78, 5) is 15.5. The minimum Gasteiger partial charge on any atom is -0.332 e. The van der Waals surface area contributed by atoms with Crippen molar-refractivity contribution in [3.63, 3.8) is 0 Å². The number of alkyl halides is 3. The molecule has 0 fully saturated rings. The summed E-state index contributed by atoms with van der Waals surface area (Å²) in [5, 5.41) is 1.97. The van der Waals surface area contributed by atoms with Gasteiger partial charge in [0, 0.05) is 17.5 Å². The Morgan fingerprint density at radius 3 is 2.64 bits per heavy atom. The number of fused-ring (bicyclic) bond motifs is 1. The number of amides is 1. The maximum atomic E-state index is 13.5. The summed E-state index contributed by atoms with van der Waals surface area (Å²) < 4.78 is 40.4. The van der Waals surface area contributed by atoms with Crippen LogP contribution in [0.4, 0.5) is 13.2 Å². The monoisotopic (exact) mass is 365 g/mol. The SMILES string of the molecule is CCC1c2ccsc2CCN1C(=O)/C=C(/c1ccccc1)C(F)(F)F. The van der Waals surface area contributed by atoms with Crippen molar-refractivity contribution < 1.29 is 18.0 Å². The maximum absolute atomic E-state index is 13.5. The first-order valence-electron chi connectivity index (χ1n) is 8.13. The first-order chi connectivity index (χ1) is 11.9. The molecule has 1 unspecified atom stereocenters. The lowest BCUT2D eigenvalue weighted by Crippen LogP contribution is -2.38. The predicted octanol–water partition coefficient (Wildman–Crippen LogP) is 5.23. The minimum atomic E-state index is -4.58. The zero-order valence-electron chi connectivity index (χ0n) is 13.7. The molecule has 132 valence electrons. The van der Waals surface area contributed by atoms with E-state index in [0.717, 1.165) is 11.6 Å². The number of carbonyl (C=O) groups excluding carboxylic acids is 1. The molecule has 2 nitrogen and oxygen atoms in total. The van der Waals surface area contributed by atoms with Crippen LogP contribution in [-0.4, -0.2) is 23.5 Å². The summed E-state index contributed by atoms with van der Waals surface area (Å²) >= 11 is 1.64. The Morgan fingerprint density at radius 2 is 2.00 bits per heavy atom. The summed E-state index contributed by atoms with van der Waals surface area (Å²) in [6.45, 7) is 2.39. The normalized spacial score (nSPS) is 18.2. The van der Waals surface area contributed by atoms with E-state index in [4.69, 9.17) is 0 Å². The Balaban J connectivity index is 1.95. The molecule has 0 bridgehead atoms. The number of rotatable bonds is 3. The van der Waals surface area contributed by atoms with Crippen LogP contribution in [0.1, 0.15) is 35.4 Å². The molecule has 1 aliphatic heterocycles. The maximum Gasteiger partial charge on any atom is 0.417 e. The lowest BCUT2D eigenvalue weighted by Gasteiger charge is -2.35. The van der Waals surface area contributed by atoms with Crippen LogP contribution in [0.5, 0.6) is 0 Å². The molecule has 1 aromatic heterocycles. The molecule has 25 heavy (non-hydrogen) atoms. The quantitative estimate of drug-likeness (QED) is 0.682. The molecule has 0 N–H and O–H groups in total.